The molecule has 2 saturated heterocycles. The molecule has 2 fully saturated rings. The van der Waals surface area contributed by atoms with Gasteiger partial charge >= 0.3 is 12.1 Å². The van der Waals surface area contributed by atoms with Crippen LogP contribution in [0.3, 0.4) is 0 Å². The minimum atomic E-state index is -5.07. The van der Waals surface area contributed by atoms with Gasteiger partial charge in [-0.25, -0.2) is 28.1 Å². The first-order valence-electron chi connectivity index (χ1n) is 27.7. The van der Waals surface area contributed by atoms with Crippen molar-refractivity contribution in [1.29, 1.82) is 0 Å². The fourth-order valence-corrected chi connectivity index (χ4v) is 12.2. The molecule has 0 saturated carbocycles. The highest BCUT2D eigenvalue weighted by Gasteiger charge is 2.53. The maximum atomic E-state index is 18.6. The zero-order valence-electron chi connectivity index (χ0n) is 47.7. The first kappa shape index (κ1) is 58.4. The third kappa shape index (κ3) is 12.0. The number of nitrogens with zero attached hydrogens (tertiary/aromatic N) is 7. The standard InChI is InChI=1S/C64H63ClF6N8O6/c1-38-26-51(76(29-40-9-17-46(80-3)18-10-40)30-41-11-19-47(81-4)20-12-41)75-58(55(38)64(69,70)71)53-56(65)59-54-60(57(53)68)85-52(84-36-63-27-44(66)33-78(63)34-45(67)28-63)35-79(62(54)74-37-73-59)39(2)50-8-7-25-72-61(50)77(31-42-13-21-48(82-5)22-14-42)32-43-15-23-49(83-6)24-16-43/h7-26,35,39,44-45,73H,27-34,36-37H2,1-6H3/t39?,44-,45-/m1/s1. The number of pyridine rings is 2. The molecule has 6 heterocycles. The van der Waals surface area contributed by atoms with Crippen molar-refractivity contribution in [3.05, 3.63) is 189 Å². The molecule has 14 nitrogen and oxygen atoms in total. The van der Waals surface area contributed by atoms with E-state index >= 15 is 26.3 Å². The number of alkyl halides is 5. The van der Waals surface area contributed by atoms with Crippen LogP contribution in [0, 0.1) is 12.7 Å². The smallest absolute Gasteiger partial charge is 0.418 e. The van der Waals surface area contributed by atoms with Crippen LogP contribution in [0.5, 0.6) is 28.7 Å². The van der Waals surface area contributed by atoms with Crippen molar-refractivity contribution in [1.82, 2.24) is 19.8 Å². The average Bonchev–Trinajstić information content (AvgIpc) is 2.55. The summed E-state index contributed by atoms with van der Waals surface area (Å²) in [5.41, 5.74) is 0.0671. The van der Waals surface area contributed by atoms with Crippen molar-refractivity contribution in [3.63, 3.8) is 0 Å². The number of aryl methyl sites for hydroxylation is 1. The molecule has 21 heteroatoms. The number of aliphatic imine (C=N–C) groups is 1. The van der Waals surface area contributed by atoms with E-state index < -0.39 is 63.5 Å². The Morgan fingerprint density at radius 2 is 1.25 bits per heavy atom. The van der Waals surface area contributed by atoms with E-state index in [1.54, 1.807) is 79.7 Å². The van der Waals surface area contributed by atoms with Gasteiger partial charge in [-0.15, -0.1) is 0 Å². The lowest BCUT2D eigenvalue weighted by atomic mass is 9.94. The number of amidine groups is 1. The minimum absolute atomic E-state index is 0.00399. The lowest BCUT2D eigenvalue weighted by molar-refractivity contribution is -0.137. The second kappa shape index (κ2) is 24.3. The number of nitrogens with one attached hydrogen (secondary N) is 1. The first-order valence-corrected chi connectivity index (χ1v) is 28.1. The molecule has 444 valence electrons. The SMILES string of the molecule is COc1ccc(CN(Cc2ccc(OC)cc2)c2cc(C)c(C(F)(F)F)c(-c3c(F)c4c5c(c3Cl)NCN=C5N(C(C)c3cccnc3N(Cc3ccc(OC)cc3)Cc3ccc(OC)cc3)C=C(OCC35C[C@@H](F)CN3C[C@H](F)C5)O4)n2)cc1. The highest BCUT2D eigenvalue weighted by molar-refractivity contribution is 6.37. The van der Waals surface area contributed by atoms with Crippen LogP contribution in [-0.2, 0) is 37.1 Å². The predicted molar refractivity (Wildman–Crippen MR) is 314 cm³/mol. The van der Waals surface area contributed by atoms with Gasteiger partial charge in [0.05, 0.1) is 79.3 Å². The number of benzene rings is 5. The second-order valence-electron chi connectivity index (χ2n) is 21.6. The van der Waals surface area contributed by atoms with Gasteiger partial charge in [-0.3, -0.25) is 4.90 Å². The number of fused-ring (bicyclic) bond motifs is 1. The molecule has 0 radical (unpaired) electrons. The normalized spacial score (nSPS) is 17.3. The molecule has 11 rings (SSSR count). The van der Waals surface area contributed by atoms with Crippen LogP contribution in [0.4, 0.5) is 43.7 Å². The summed E-state index contributed by atoms with van der Waals surface area (Å²) >= 11 is 7.40. The van der Waals surface area contributed by atoms with Gasteiger partial charge in [0.2, 0.25) is 0 Å². The summed E-state index contributed by atoms with van der Waals surface area (Å²) in [5.74, 6) is 1.18. The number of hydrogen-bond donors (Lipinski definition) is 1. The van der Waals surface area contributed by atoms with Crippen LogP contribution in [0.2, 0.25) is 5.02 Å². The summed E-state index contributed by atoms with van der Waals surface area (Å²) in [6, 6.07) is 34.1. The molecule has 1 unspecified atom stereocenters. The van der Waals surface area contributed by atoms with Crippen LogP contribution < -0.4 is 38.8 Å². The lowest BCUT2D eigenvalue weighted by Crippen LogP contribution is -2.42. The number of anilines is 3. The Morgan fingerprint density at radius 1 is 0.741 bits per heavy atom. The molecular weight excluding hydrogens is 1130 g/mol. The van der Waals surface area contributed by atoms with Gasteiger partial charge in [-0.2, -0.15) is 13.2 Å². The van der Waals surface area contributed by atoms with E-state index in [2.05, 4.69) is 10.2 Å². The van der Waals surface area contributed by atoms with E-state index in [1.165, 1.54) is 19.2 Å². The Balaban J connectivity index is 1.05. The Kier molecular flexibility index (Phi) is 16.7. The maximum Gasteiger partial charge on any atom is 0.418 e. The molecule has 5 aromatic carbocycles. The molecule has 7 aromatic rings. The van der Waals surface area contributed by atoms with Crippen molar-refractivity contribution < 1.29 is 54.8 Å². The van der Waals surface area contributed by atoms with Crippen molar-refractivity contribution in [2.45, 2.75) is 83.0 Å². The average molecular weight is 1190 g/mol. The van der Waals surface area contributed by atoms with Gasteiger partial charge < -0.3 is 48.4 Å². The summed E-state index contributed by atoms with van der Waals surface area (Å²) in [7, 11) is 6.29. The van der Waals surface area contributed by atoms with E-state index in [0.29, 0.717) is 47.5 Å². The number of aromatic nitrogens is 2. The third-order valence-corrected chi connectivity index (χ3v) is 16.5. The van der Waals surface area contributed by atoms with Gasteiger partial charge in [0.1, 0.15) is 66.1 Å². The topological polar surface area (TPSA) is 119 Å². The Hall–Kier alpha value is -8.36. The number of hydrogen-bond acceptors (Lipinski definition) is 14. The molecule has 0 amide bonds. The van der Waals surface area contributed by atoms with Crippen LogP contribution in [-0.4, -0.2) is 98.3 Å². The molecule has 0 aliphatic carbocycles. The Morgan fingerprint density at radius 3 is 1.74 bits per heavy atom. The zero-order chi connectivity index (χ0) is 59.7. The molecule has 4 aliphatic rings. The summed E-state index contributed by atoms with van der Waals surface area (Å²) in [4.78, 5) is 22.0. The monoisotopic (exact) mass is 1190 g/mol. The number of rotatable bonds is 20. The molecule has 85 heavy (non-hydrogen) atoms. The van der Waals surface area contributed by atoms with Gasteiger partial charge in [-0.1, -0.05) is 66.2 Å². The summed E-state index contributed by atoms with van der Waals surface area (Å²) in [5, 5.41) is 2.72. The summed E-state index contributed by atoms with van der Waals surface area (Å²) in [6.07, 6.45) is -4.48. The largest absolute Gasteiger partial charge is 0.497 e. The molecule has 3 atom stereocenters. The van der Waals surface area contributed by atoms with E-state index in [1.807, 2.05) is 85.8 Å². The van der Waals surface area contributed by atoms with Crippen LogP contribution in [0.15, 0.2) is 139 Å². The quantitative estimate of drug-likeness (QED) is 0.0730. The van der Waals surface area contributed by atoms with Gasteiger partial charge in [0.15, 0.2) is 11.6 Å². The number of halogens is 7. The fraction of sp³-hybridized carbons (Fsp3) is 0.328. The van der Waals surface area contributed by atoms with E-state index in [0.717, 1.165) is 22.3 Å². The zero-order valence-corrected chi connectivity index (χ0v) is 48.4. The maximum absolute atomic E-state index is 18.6. The molecule has 4 aliphatic heterocycles. The van der Waals surface area contributed by atoms with E-state index in [-0.39, 0.29) is 86.7 Å². The van der Waals surface area contributed by atoms with Crippen molar-refractivity contribution in [2.75, 3.05) is 69.9 Å². The number of methoxy groups -OCH3 is 4. The second-order valence-corrected chi connectivity index (χ2v) is 22.0. The predicted octanol–water partition coefficient (Wildman–Crippen LogP) is 13.6. The van der Waals surface area contributed by atoms with Gasteiger partial charge in [0.25, 0.3) is 0 Å². The highest BCUT2D eigenvalue weighted by atomic mass is 35.5. The van der Waals surface area contributed by atoms with Gasteiger partial charge in [0, 0.05) is 63.9 Å². The Labute approximate surface area is 494 Å². The molecular formula is C64H63ClF6N8O6. The first-order chi connectivity index (χ1) is 41.0. The minimum Gasteiger partial charge on any atom is -0.497 e. The fourth-order valence-electron chi connectivity index (χ4n) is 11.9. The van der Waals surface area contributed by atoms with Gasteiger partial charge in [-0.05, 0) is 102 Å². The van der Waals surface area contributed by atoms with Crippen LogP contribution in [0.25, 0.3) is 11.3 Å². The van der Waals surface area contributed by atoms with E-state index in [9.17, 15) is 0 Å². The molecule has 1 N–H and O–H groups in total. The highest BCUT2D eigenvalue weighted by Crippen LogP contribution is 2.52. The Bertz CT molecular complexity index is 3500. The summed E-state index contributed by atoms with van der Waals surface area (Å²) < 4.78 is 132. The summed E-state index contributed by atoms with van der Waals surface area (Å²) in [6.45, 7) is 3.84. The van der Waals surface area contributed by atoms with E-state index in [4.69, 9.17) is 55.0 Å². The number of ether oxygens (including phenoxy) is 6. The van der Waals surface area contributed by atoms with Crippen molar-refractivity contribution in [3.8, 4) is 40.0 Å². The third-order valence-electron chi connectivity index (χ3n) is 16.1. The lowest BCUT2D eigenvalue weighted by Gasteiger charge is -2.34. The molecule has 0 bridgehead atoms. The van der Waals surface area contributed by atoms with Crippen LogP contribution >= 0.6 is 11.6 Å². The molecule has 2 aromatic heterocycles. The molecule has 0 spiro atoms. The van der Waals surface area contributed by atoms with Crippen molar-refractivity contribution >= 4 is 34.8 Å². The van der Waals surface area contributed by atoms with Crippen molar-refractivity contribution in [2.24, 2.45) is 4.99 Å². The van der Waals surface area contributed by atoms with Crippen LogP contribution in [0.1, 0.15) is 70.3 Å².